The molecule has 0 bridgehead atoms. The van der Waals surface area contributed by atoms with Crippen molar-refractivity contribution in [3.8, 4) is 0 Å². The topological polar surface area (TPSA) is 57.2 Å². The number of rotatable bonds is 5. The molecule has 0 saturated heterocycles. The Morgan fingerprint density at radius 3 is 2.95 bits per heavy atom. The summed E-state index contributed by atoms with van der Waals surface area (Å²) in [6, 6.07) is 3.87. The van der Waals surface area contributed by atoms with Crippen LogP contribution in [0.3, 0.4) is 0 Å². The molecule has 0 aromatic carbocycles. The van der Waals surface area contributed by atoms with Gasteiger partial charge >= 0.3 is 5.97 Å². The number of esters is 1. The lowest BCUT2D eigenvalue weighted by Crippen LogP contribution is -2.14. The van der Waals surface area contributed by atoms with E-state index < -0.39 is 0 Å². The van der Waals surface area contributed by atoms with E-state index in [1.54, 1.807) is 23.6 Å². The van der Waals surface area contributed by atoms with E-state index >= 15 is 0 Å². The van der Waals surface area contributed by atoms with Crippen LogP contribution in [0.4, 0.5) is 5.69 Å². The van der Waals surface area contributed by atoms with E-state index in [1.165, 1.54) is 5.56 Å². The van der Waals surface area contributed by atoms with Gasteiger partial charge in [0.2, 0.25) is 0 Å². The first kappa shape index (κ1) is 13.7. The highest BCUT2D eigenvalue weighted by molar-refractivity contribution is 7.07. The van der Waals surface area contributed by atoms with Crippen LogP contribution in [0.1, 0.15) is 35.9 Å². The van der Waals surface area contributed by atoms with E-state index in [0.717, 1.165) is 6.42 Å². The van der Waals surface area contributed by atoms with E-state index in [2.05, 4.69) is 5.38 Å². The van der Waals surface area contributed by atoms with Crippen molar-refractivity contribution in [2.75, 3.05) is 12.3 Å². The van der Waals surface area contributed by atoms with Gasteiger partial charge in [-0.05, 0) is 42.3 Å². The number of nitrogens with two attached hydrogens (primary N) is 1. The average molecular weight is 278 g/mol. The van der Waals surface area contributed by atoms with Crippen molar-refractivity contribution in [1.29, 1.82) is 0 Å². The molecule has 4 nitrogen and oxygen atoms in total. The van der Waals surface area contributed by atoms with Gasteiger partial charge in [0, 0.05) is 18.7 Å². The van der Waals surface area contributed by atoms with E-state index in [9.17, 15) is 4.79 Å². The third kappa shape index (κ3) is 3.38. The largest absolute Gasteiger partial charge is 0.461 e. The fourth-order valence-corrected chi connectivity index (χ4v) is 2.56. The molecule has 0 fully saturated rings. The number of thiophene rings is 1. The number of carbonyl (C=O) groups is 1. The molecule has 0 atom stereocenters. The van der Waals surface area contributed by atoms with Crippen molar-refractivity contribution in [2.45, 2.75) is 26.3 Å². The standard InChI is InChI=1S/C14H18N2O2S/c1-10(2)16-8-12(15)7-13(16)14(17)18-5-3-11-4-6-19-9-11/h4,6-10H,3,5,15H2,1-2H3. The van der Waals surface area contributed by atoms with E-state index in [-0.39, 0.29) is 12.0 Å². The maximum atomic E-state index is 12.0. The minimum Gasteiger partial charge on any atom is -0.461 e. The fourth-order valence-electron chi connectivity index (χ4n) is 1.86. The summed E-state index contributed by atoms with van der Waals surface area (Å²) in [5.74, 6) is -0.319. The first-order chi connectivity index (χ1) is 9.08. The summed E-state index contributed by atoms with van der Waals surface area (Å²) in [4.78, 5) is 12.0. The molecule has 2 aromatic heterocycles. The molecule has 102 valence electrons. The van der Waals surface area contributed by atoms with Crippen molar-refractivity contribution >= 4 is 23.0 Å². The zero-order valence-corrected chi connectivity index (χ0v) is 11.9. The molecule has 0 unspecified atom stereocenters. The maximum Gasteiger partial charge on any atom is 0.355 e. The normalized spacial score (nSPS) is 10.9. The van der Waals surface area contributed by atoms with Crippen molar-refractivity contribution in [3.63, 3.8) is 0 Å². The average Bonchev–Trinajstić information content (AvgIpc) is 2.98. The van der Waals surface area contributed by atoms with Gasteiger partial charge < -0.3 is 15.0 Å². The molecular formula is C14H18N2O2S. The lowest BCUT2D eigenvalue weighted by atomic mass is 10.2. The lowest BCUT2D eigenvalue weighted by Gasteiger charge is -2.11. The SMILES string of the molecule is CC(C)n1cc(N)cc1C(=O)OCCc1ccsc1. The summed E-state index contributed by atoms with van der Waals surface area (Å²) in [7, 11) is 0. The minimum absolute atomic E-state index is 0.178. The molecule has 2 N–H and O–H groups in total. The van der Waals surface area contributed by atoms with Gasteiger partial charge in [0.1, 0.15) is 5.69 Å². The molecule has 0 saturated carbocycles. The third-order valence-electron chi connectivity index (χ3n) is 2.84. The zero-order chi connectivity index (χ0) is 13.8. The van der Waals surface area contributed by atoms with Gasteiger partial charge in [0.05, 0.1) is 12.3 Å². The third-order valence-corrected chi connectivity index (χ3v) is 3.57. The van der Waals surface area contributed by atoms with Gasteiger partial charge in [-0.25, -0.2) is 4.79 Å². The van der Waals surface area contributed by atoms with Crippen LogP contribution in [0.2, 0.25) is 0 Å². The molecule has 0 amide bonds. The van der Waals surface area contributed by atoms with E-state index in [0.29, 0.717) is 18.0 Å². The lowest BCUT2D eigenvalue weighted by molar-refractivity contribution is 0.0495. The summed E-state index contributed by atoms with van der Waals surface area (Å²) >= 11 is 1.64. The molecule has 0 aliphatic rings. The van der Waals surface area contributed by atoms with Crippen molar-refractivity contribution < 1.29 is 9.53 Å². The molecule has 0 aliphatic heterocycles. The number of ether oxygens (including phenoxy) is 1. The van der Waals surface area contributed by atoms with Crippen molar-refractivity contribution in [3.05, 3.63) is 40.3 Å². The van der Waals surface area contributed by atoms with Gasteiger partial charge in [-0.1, -0.05) is 0 Å². The van der Waals surface area contributed by atoms with Crippen molar-refractivity contribution in [1.82, 2.24) is 4.57 Å². The second-order valence-corrected chi connectivity index (χ2v) is 5.46. The molecule has 2 rings (SSSR count). The van der Waals surface area contributed by atoms with Crippen LogP contribution < -0.4 is 5.73 Å². The first-order valence-corrected chi connectivity index (χ1v) is 7.17. The smallest absolute Gasteiger partial charge is 0.355 e. The Labute approximate surface area is 116 Å². The molecule has 0 spiro atoms. The van der Waals surface area contributed by atoms with Crippen LogP contribution in [0.25, 0.3) is 0 Å². The number of hydrogen-bond acceptors (Lipinski definition) is 4. The minimum atomic E-state index is -0.319. The van der Waals surface area contributed by atoms with Gasteiger partial charge in [-0.2, -0.15) is 11.3 Å². The summed E-state index contributed by atoms with van der Waals surface area (Å²) < 4.78 is 7.13. The second-order valence-electron chi connectivity index (χ2n) is 4.68. The summed E-state index contributed by atoms with van der Waals surface area (Å²) in [5, 5.41) is 4.07. The Morgan fingerprint density at radius 2 is 2.32 bits per heavy atom. The van der Waals surface area contributed by atoms with Gasteiger partial charge in [-0.3, -0.25) is 0 Å². The predicted molar refractivity (Wildman–Crippen MR) is 77.5 cm³/mol. The van der Waals surface area contributed by atoms with E-state index in [4.69, 9.17) is 10.5 Å². The van der Waals surface area contributed by atoms with Gasteiger partial charge in [0.25, 0.3) is 0 Å². The quantitative estimate of drug-likeness (QED) is 0.855. The Morgan fingerprint density at radius 1 is 1.53 bits per heavy atom. The van der Waals surface area contributed by atoms with E-state index in [1.807, 2.05) is 29.9 Å². The zero-order valence-electron chi connectivity index (χ0n) is 11.1. The molecule has 0 radical (unpaired) electrons. The number of hydrogen-bond donors (Lipinski definition) is 1. The second kappa shape index (κ2) is 5.93. The van der Waals surface area contributed by atoms with Crippen molar-refractivity contribution in [2.24, 2.45) is 0 Å². The molecular weight excluding hydrogens is 260 g/mol. The fraction of sp³-hybridized carbons (Fsp3) is 0.357. The van der Waals surface area contributed by atoms with Crippen LogP contribution in [-0.4, -0.2) is 17.1 Å². The number of nitrogen functional groups attached to an aromatic ring is 1. The Hall–Kier alpha value is -1.75. The monoisotopic (exact) mass is 278 g/mol. The molecule has 5 heteroatoms. The van der Waals surface area contributed by atoms with Crippen LogP contribution in [-0.2, 0) is 11.2 Å². The van der Waals surface area contributed by atoms with Crippen LogP contribution in [0, 0.1) is 0 Å². The van der Waals surface area contributed by atoms with Gasteiger partial charge in [-0.15, -0.1) is 0 Å². The number of aromatic nitrogens is 1. The highest BCUT2D eigenvalue weighted by Gasteiger charge is 2.16. The Kier molecular flexibility index (Phi) is 4.27. The molecule has 2 aromatic rings. The Bertz CT molecular complexity index is 544. The summed E-state index contributed by atoms with van der Waals surface area (Å²) in [6.45, 7) is 4.39. The van der Waals surface area contributed by atoms with Crippen LogP contribution in [0.5, 0.6) is 0 Å². The highest BCUT2D eigenvalue weighted by atomic mass is 32.1. The van der Waals surface area contributed by atoms with Crippen LogP contribution >= 0.6 is 11.3 Å². The number of carbonyl (C=O) groups excluding carboxylic acids is 1. The Balaban J connectivity index is 1.96. The summed E-state index contributed by atoms with van der Waals surface area (Å²) in [6.07, 6.45) is 2.51. The van der Waals surface area contributed by atoms with Crippen LogP contribution in [0.15, 0.2) is 29.1 Å². The van der Waals surface area contributed by atoms with Gasteiger partial charge in [0.15, 0.2) is 0 Å². The first-order valence-electron chi connectivity index (χ1n) is 6.23. The molecule has 2 heterocycles. The molecule has 19 heavy (non-hydrogen) atoms. The highest BCUT2D eigenvalue weighted by Crippen LogP contribution is 2.17. The predicted octanol–water partition coefficient (Wildman–Crippen LogP) is 3.11. The summed E-state index contributed by atoms with van der Waals surface area (Å²) in [5.41, 5.74) is 8.02. The molecule has 0 aliphatic carbocycles. The maximum absolute atomic E-state index is 12.0. The number of anilines is 1. The number of nitrogens with zero attached hydrogens (tertiary/aromatic N) is 1.